The minimum absolute atomic E-state index is 0.316. The van der Waals surface area contributed by atoms with Gasteiger partial charge in [0.25, 0.3) is 0 Å². The number of hydrogen-bond donors (Lipinski definition) is 1. The highest BCUT2D eigenvalue weighted by Crippen LogP contribution is 2.29. The Morgan fingerprint density at radius 2 is 2.10 bits per heavy atom. The van der Waals surface area contributed by atoms with Gasteiger partial charge >= 0.3 is 0 Å². The van der Waals surface area contributed by atoms with Crippen molar-refractivity contribution in [3.8, 4) is 0 Å². The molecule has 1 aliphatic heterocycles. The van der Waals surface area contributed by atoms with Crippen molar-refractivity contribution in [2.75, 3.05) is 18.8 Å². The molecule has 0 saturated carbocycles. The lowest BCUT2D eigenvalue weighted by Crippen LogP contribution is -2.29. The second kappa shape index (κ2) is 5.74. The molecule has 1 aromatic rings. The number of rotatable bonds is 4. The number of aryl methyl sites for hydroxylation is 1. The quantitative estimate of drug-likeness (QED) is 0.868. The molecule has 1 saturated heterocycles. The summed E-state index contributed by atoms with van der Waals surface area (Å²) in [5.74, 6) is 0.972. The molecule has 2 rings (SSSR count). The average molecular weight is 296 g/mol. The summed E-state index contributed by atoms with van der Waals surface area (Å²) in [6, 6.07) is 5.09. The van der Waals surface area contributed by atoms with Gasteiger partial charge in [0, 0.05) is 18.8 Å². The maximum absolute atomic E-state index is 12.6. The molecular formula is C15H24N2O2S. The number of benzene rings is 1. The molecule has 0 amide bonds. The fourth-order valence-electron chi connectivity index (χ4n) is 2.72. The zero-order valence-electron chi connectivity index (χ0n) is 12.5. The second-order valence-electron chi connectivity index (χ2n) is 5.87. The molecular weight excluding hydrogens is 272 g/mol. The van der Waals surface area contributed by atoms with Crippen molar-refractivity contribution in [2.45, 2.75) is 38.5 Å². The lowest BCUT2D eigenvalue weighted by molar-refractivity contribution is 0.388. The minimum atomic E-state index is -3.40. The minimum Gasteiger partial charge on any atom is -0.398 e. The van der Waals surface area contributed by atoms with Crippen molar-refractivity contribution in [3.05, 3.63) is 23.8 Å². The van der Waals surface area contributed by atoms with Crippen LogP contribution in [-0.2, 0) is 16.4 Å². The number of nitrogens with zero attached hydrogens (tertiary/aromatic N) is 1. The van der Waals surface area contributed by atoms with Gasteiger partial charge in [-0.25, -0.2) is 8.42 Å². The molecule has 0 bridgehead atoms. The van der Waals surface area contributed by atoms with Crippen molar-refractivity contribution in [1.82, 2.24) is 4.31 Å². The standard InChI is InChI=1S/C15H24N2O2S/c1-4-12-5-6-14(9-15(12)16)20(18,19)17-8-7-13(10-17)11(2)3/h5-6,9,11,13H,4,7-8,10,16H2,1-3H3. The first-order chi connectivity index (χ1) is 9.36. The van der Waals surface area contributed by atoms with Crippen LogP contribution in [0.1, 0.15) is 32.8 Å². The van der Waals surface area contributed by atoms with Crippen LogP contribution in [0.2, 0.25) is 0 Å². The normalized spacial score (nSPS) is 20.7. The predicted octanol–water partition coefficient (Wildman–Crippen LogP) is 2.50. The summed E-state index contributed by atoms with van der Waals surface area (Å²) in [6.07, 6.45) is 1.75. The van der Waals surface area contributed by atoms with Crippen LogP contribution in [0.25, 0.3) is 0 Å². The molecule has 5 heteroatoms. The second-order valence-corrected chi connectivity index (χ2v) is 7.81. The van der Waals surface area contributed by atoms with Gasteiger partial charge in [-0.15, -0.1) is 0 Å². The summed E-state index contributed by atoms with van der Waals surface area (Å²) in [7, 11) is -3.40. The Hall–Kier alpha value is -1.07. The fourth-order valence-corrected chi connectivity index (χ4v) is 4.27. The van der Waals surface area contributed by atoms with E-state index in [9.17, 15) is 8.42 Å². The highest BCUT2D eigenvalue weighted by Gasteiger charge is 2.33. The molecule has 0 aromatic heterocycles. The lowest BCUT2D eigenvalue weighted by Gasteiger charge is -2.18. The SMILES string of the molecule is CCc1ccc(S(=O)(=O)N2CCC(C(C)C)C2)cc1N. The first kappa shape index (κ1) is 15.3. The van der Waals surface area contributed by atoms with Crippen LogP contribution in [0, 0.1) is 11.8 Å². The van der Waals surface area contributed by atoms with Gasteiger partial charge in [-0.1, -0.05) is 26.8 Å². The van der Waals surface area contributed by atoms with Crippen LogP contribution in [-0.4, -0.2) is 25.8 Å². The molecule has 0 spiro atoms. The summed E-state index contributed by atoms with van der Waals surface area (Å²) in [5, 5.41) is 0. The predicted molar refractivity (Wildman–Crippen MR) is 81.9 cm³/mol. The van der Waals surface area contributed by atoms with Gasteiger partial charge in [0.2, 0.25) is 10.0 Å². The van der Waals surface area contributed by atoms with Gasteiger partial charge in [-0.05, 0) is 42.4 Å². The van der Waals surface area contributed by atoms with E-state index in [4.69, 9.17) is 5.73 Å². The monoisotopic (exact) mass is 296 g/mol. The van der Waals surface area contributed by atoms with Crippen molar-refractivity contribution < 1.29 is 8.42 Å². The summed E-state index contributed by atoms with van der Waals surface area (Å²) >= 11 is 0. The Morgan fingerprint density at radius 1 is 1.40 bits per heavy atom. The fraction of sp³-hybridized carbons (Fsp3) is 0.600. The first-order valence-corrected chi connectivity index (χ1v) is 8.68. The summed E-state index contributed by atoms with van der Waals surface area (Å²) in [4.78, 5) is 0.316. The molecule has 1 aromatic carbocycles. The molecule has 1 fully saturated rings. The Morgan fingerprint density at radius 3 is 2.60 bits per heavy atom. The van der Waals surface area contributed by atoms with Crippen molar-refractivity contribution >= 4 is 15.7 Å². The largest absolute Gasteiger partial charge is 0.398 e. The van der Waals surface area contributed by atoms with Crippen molar-refractivity contribution in [3.63, 3.8) is 0 Å². The van der Waals surface area contributed by atoms with Crippen LogP contribution in [0.15, 0.2) is 23.1 Å². The Labute approximate surface area is 122 Å². The number of hydrogen-bond acceptors (Lipinski definition) is 3. The molecule has 0 radical (unpaired) electrons. The van der Waals surface area contributed by atoms with Crippen LogP contribution in [0.3, 0.4) is 0 Å². The molecule has 1 aliphatic rings. The van der Waals surface area contributed by atoms with E-state index >= 15 is 0 Å². The number of sulfonamides is 1. The lowest BCUT2D eigenvalue weighted by atomic mass is 9.96. The zero-order chi connectivity index (χ0) is 14.9. The van der Waals surface area contributed by atoms with Gasteiger partial charge in [-0.3, -0.25) is 0 Å². The average Bonchev–Trinajstić information content (AvgIpc) is 2.89. The summed E-state index contributed by atoms with van der Waals surface area (Å²) in [6.45, 7) is 7.53. The van der Waals surface area contributed by atoms with Crippen LogP contribution in [0.4, 0.5) is 5.69 Å². The molecule has 20 heavy (non-hydrogen) atoms. The number of anilines is 1. The summed E-state index contributed by atoms with van der Waals surface area (Å²) in [5.41, 5.74) is 7.47. The van der Waals surface area contributed by atoms with Crippen molar-refractivity contribution in [2.24, 2.45) is 11.8 Å². The topological polar surface area (TPSA) is 63.4 Å². The smallest absolute Gasteiger partial charge is 0.243 e. The molecule has 112 valence electrons. The molecule has 1 unspecified atom stereocenters. The maximum Gasteiger partial charge on any atom is 0.243 e. The van der Waals surface area contributed by atoms with E-state index in [1.165, 1.54) is 0 Å². The van der Waals surface area contributed by atoms with E-state index < -0.39 is 10.0 Å². The van der Waals surface area contributed by atoms with E-state index in [2.05, 4.69) is 13.8 Å². The van der Waals surface area contributed by atoms with Gasteiger partial charge in [0.15, 0.2) is 0 Å². The Bertz CT molecular complexity index is 582. The molecule has 4 nitrogen and oxygen atoms in total. The molecule has 1 atom stereocenters. The van der Waals surface area contributed by atoms with Gasteiger partial charge in [0.1, 0.15) is 0 Å². The van der Waals surface area contributed by atoms with Crippen LogP contribution < -0.4 is 5.73 Å². The third-order valence-corrected chi connectivity index (χ3v) is 6.13. The van der Waals surface area contributed by atoms with E-state index in [0.717, 1.165) is 18.4 Å². The zero-order valence-corrected chi connectivity index (χ0v) is 13.3. The number of nitrogens with two attached hydrogens (primary N) is 1. The van der Waals surface area contributed by atoms with E-state index in [0.29, 0.717) is 35.5 Å². The maximum atomic E-state index is 12.6. The highest BCUT2D eigenvalue weighted by atomic mass is 32.2. The van der Waals surface area contributed by atoms with Crippen LogP contribution in [0.5, 0.6) is 0 Å². The molecule has 0 aliphatic carbocycles. The first-order valence-electron chi connectivity index (χ1n) is 7.24. The molecule has 1 heterocycles. The Kier molecular flexibility index (Phi) is 4.39. The van der Waals surface area contributed by atoms with Gasteiger partial charge in [-0.2, -0.15) is 4.31 Å². The Balaban J connectivity index is 2.25. The third-order valence-electron chi connectivity index (χ3n) is 4.27. The molecule has 2 N–H and O–H groups in total. The third kappa shape index (κ3) is 2.83. The number of nitrogen functional groups attached to an aromatic ring is 1. The van der Waals surface area contributed by atoms with Crippen LogP contribution >= 0.6 is 0 Å². The van der Waals surface area contributed by atoms with E-state index in [1.807, 2.05) is 13.0 Å². The van der Waals surface area contributed by atoms with Gasteiger partial charge in [0.05, 0.1) is 4.90 Å². The van der Waals surface area contributed by atoms with Gasteiger partial charge < -0.3 is 5.73 Å². The summed E-state index contributed by atoms with van der Waals surface area (Å²) < 4.78 is 26.8. The van der Waals surface area contributed by atoms with E-state index in [1.54, 1.807) is 16.4 Å². The van der Waals surface area contributed by atoms with E-state index in [-0.39, 0.29) is 0 Å². The highest BCUT2D eigenvalue weighted by molar-refractivity contribution is 7.89. The van der Waals surface area contributed by atoms with Crippen molar-refractivity contribution in [1.29, 1.82) is 0 Å².